The van der Waals surface area contributed by atoms with Gasteiger partial charge in [0.05, 0.1) is 11.8 Å². The number of nitrogens with one attached hydrogen (secondary N) is 1. The van der Waals surface area contributed by atoms with Crippen molar-refractivity contribution in [2.45, 2.75) is 63.6 Å². The van der Waals surface area contributed by atoms with Crippen molar-refractivity contribution < 1.29 is 23.1 Å². The van der Waals surface area contributed by atoms with Crippen LogP contribution in [0.15, 0.2) is 0 Å². The Balaban J connectivity index is 1.83. The number of carbonyl (C=O) groups is 1. The molecule has 2 rings (SSSR count). The second kappa shape index (κ2) is 6.99. The van der Waals surface area contributed by atoms with Crippen molar-refractivity contribution >= 4 is 5.97 Å². The number of carboxylic acids is 1. The van der Waals surface area contributed by atoms with Gasteiger partial charge < -0.3 is 10.4 Å². The molecule has 3 nitrogen and oxygen atoms in total. The Hall–Kier alpha value is -0.780. The van der Waals surface area contributed by atoms with Crippen molar-refractivity contribution in [3.8, 4) is 0 Å². The predicted octanol–water partition coefficient (Wildman–Crippen LogP) is 3.59. The van der Waals surface area contributed by atoms with Crippen molar-refractivity contribution in [3.63, 3.8) is 0 Å². The number of halogens is 3. The molecule has 2 fully saturated rings. The maximum atomic E-state index is 12.8. The predicted molar refractivity (Wildman–Crippen MR) is 72.9 cm³/mol. The third-order valence-corrected chi connectivity index (χ3v) is 5.03. The molecule has 0 aliphatic heterocycles. The normalized spacial score (nSPS) is 34.6. The molecule has 4 atom stereocenters. The van der Waals surface area contributed by atoms with E-state index in [1.807, 2.05) is 0 Å². The van der Waals surface area contributed by atoms with E-state index in [4.69, 9.17) is 0 Å². The lowest BCUT2D eigenvalue weighted by atomic mass is 9.78. The molecule has 0 amide bonds. The fraction of sp³-hybridized carbons (Fsp3) is 0.933. The molecule has 2 aliphatic carbocycles. The van der Waals surface area contributed by atoms with Gasteiger partial charge in [-0.1, -0.05) is 19.3 Å². The van der Waals surface area contributed by atoms with Gasteiger partial charge in [0.1, 0.15) is 0 Å². The summed E-state index contributed by atoms with van der Waals surface area (Å²) in [5.41, 5.74) is 0. The Morgan fingerprint density at radius 2 is 1.81 bits per heavy atom. The smallest absolute Gasteiger partial charge is 0.391 e. The zero-order valence-corrected chi connectivity index (χ0v) is 12.2. The van der Waals surface area contributed by atoms with Gasteiger partial charge in [-0.05, 0) is 44.6 Å². The molecule has 0 bridgehead atoms. The summed E-state index contributed by atoms with van der Waals surface area (Å²) in [6.07, 6.45) is 1.12. The first kappa shape index (κ1) is 16.6. The number of alkyl halides is 3. The molecule has 2 N–H and O–H groups in total. The van der Waals surface area contributed by atoms with Crippen LogP contribution in [0.2, 0.25) is 0 Å². The molecule has 2 aliphatic rings. The standard InChI is InChI=1S/C15H24F3NO2/c16-15(17,18)11-5-3-6-12(8-11)19-9-10-4-1-2-7-13(10)14(20)21/h10-13,19H,1-9H2,(H,20,21). The molecule has 0 saturated heterocycles. The van der Waals surface area contributed by atoms with Gasteiger partial charge in [-0.2, -0.15) is 13.2 Å². The van der Waals surface area contributed by atoms with Crippen LogP contribution < -0.4 is 5.32 Å². The summed E-state index contributed by atoms with van der Waals surface area (Å²) >= 11 is 0. The maximum Gasteiger partial charge on any atom is 0.391 e. The zero-order chi connectivity index (χ0) is 15.5. The molecular weight excluding hydrogens is 283 g/mol. The summed E-state index contributed by atoms with van der Waals surface area (Å²) < 4.78 is 38.3. The average Bonchev–Trinajstić information content (AvgIpc) is 2.45. The summed E-state index contributed by atoms with van der Waals surface area (Å²) in [7, 11) is 0. The first-order chi connectivity index (χ1) is 9.88. The van der Waals surface area contributed by atoms with Gasteiger partial charge in [-0.15, -0.1) is 0 Å². The Labute approximate surface area is 123 Å². The quantitative estimate of drug-likeness (QED) is 0.834. The summed E-state index contributed by atoms with van der Waals surface area (Å²) in [5, 5.41) is 12.4. The topological polar surface area (TPSA) is 49.3 Å². The van der Waals surface area contributed by atoms with E-state index in [1.54, 1.807) is 0 Å². The molecule has 6 heteroatoms. The van der Waals surface area contributed by atoms with E-state index in [-0.39, 0.29) is 30.7 Å². The molecule has 0 aromatic rings. The van der Waals surface area contributed by atoms with Crippen molar-refractivity contribution in [2.24, 2.45) is 17.8 Å². The second-order valence-corrected chi connectivity index (χ2v) is 6.50. The van der Waals surface area contributed by atoms with Crippen LogP contribution in [-0.4, -0.2) is 29.8 Å². The lowest BCUT2D eigenvalue weighted by Gasteiger charge is -2.34. The Morgan fingerprint density at radius 1 is 1.10 bits per heavy atom. The Kier molecular flexibility index (Phi) is 5.52. The van der Waals surface area contributed by atoms with Gasteiger partial charge in [-0.25, -0.2) is 0 Å². The molecule has 0 aromatic carbocycles. The minimum atomic E-state index is -4.10. The van der Waals surface area contributed by atoms with Crippen LogP contribution in [0, 0.1) is 17.8 Å². The lowest BCUT2D eigenvalue weighted by Crippen LogP contribution is -2.43. The highest BCUT2D eigenvalue weighted by molar-refractivity contribution is 5.70. The van der Waals surface area contributed by atoms with Crippen molar-refractivity contribution in [1.29, 1.82) is 0 Å². The Morgan fingerprint density at radius 3 is 2.48 bits per heavy atom. The summed E-state index contributed by atoms with van der Waals surface area (Å²) in [5.74, 6) is -2.25. The van der Waals surface area contributed by atoms with E-state index in [0.29, 0.717) is 19.4 Å². The largest absolute Gasteiger partial charge is 0.481 e. The summed E-state index contributed by atoms with van der Waals surface area (Å²) in [6, 6.07) is -0.123. The van der Waals surface area contributed by atoms with Crippen LogP contribution in [0.25, 0.3) is 0 Å². The second-order valence-electron chi connectivity index (χ2n) is 6.50. The van der Waals surface area contributed by atoms with Crippen LogP contribution in [0.3, 0.4) is 0 Å². The minimum Gasteiger partial charge on any atom is -0.481 e. The number of hydrogen-bond donors (Lipinski definition) is 2. The number of aliphatic carboxylic acids is 1. The highest BCUT2D eigenvalue weighted by Crippen LogP contribution is 2.38. The third kappa shape index (κ3) is 4.59. The van der Waals surface area contributed by atoms with Crippen LogP contribution in [0.1, 0.15) is 51.4 Å². The van der Waals surface area contributed by atoms with Gasteiger partial charge >= 0.3 is 12.1 Å². The molecule has 0 heterocycles. The average molecular weight is 307 g/mol. The van der Waals surface area contributed by atoms with Gasteiger partial charge in [0.15, 0.2) is 0 Å². The van der Waals surface area contributed by atoms with Crippen molar-refractivity contribution in [2.75, 3.05) is 6.54 Å². The van der Waals surface area contributed by atoms with E-state index < -0.39 is 18.1 Å². The lowest BCUT2D eigenvalue weighted by molar-refractivity contribution is -0.183. The highest BCUT2D eigenvalue weighted by atomic mass is 19.4. The summed E-state index contributed by atoms with van der Waals surface area (Å²) in [6.45, 7) is 0.534. The van der Waals surface area contributed by atoms with Gasteiger partial charge in [0, 0.05) is 6.04 Å². The monoisotopic (exact) mass is 307 g/mol. The van der Waals surface area contributed by atoms with Gasteiger partial charge in [0.2, 0.25) is 0 Å². The fourth-order valence-electron chi connectivity index (χ4n) is 3.77. The van der Waals surface area contributed by atoms with Crippen LogP contribution >= 0.6 is 0 Å². The molecule has 0 spiro atoms. The Bertz CT molecular complexity index is 359. The molecule has 0 aromatic heterocycles. The molecule has 122 valence electrons. The molecule has 21 heavy (non-hydrogen) atoms. The fourth-order valence-corrected chi connectivity index (χ4v) is 3.77. The van der Waals surface area contributed by atoms with Crippen LogP contribution in [0.4, 0.5) is 13.2 Å². The van der Waals surface area contributed by atoms with Crippen molar-refractivity contribution in [1.82, 2.24) is 5.32 Å². The molecule has 2 saturated carbocycles. The van der Waals surface area contributed by atoms with Crippen molar-refractivity contribution in [3.05, 3.63) is 0 Å². The summed E-state index contributed by atoms with van der Waals surface area (Å²) in [4.78, 5) is 11.2. The molecule has 4 unspecified atom stereocenters. The zero-order valence-electron chi connectivity index (χ0n) is 12.2. The number of hydrogen-bond acceptors (Lipinski definition) is 2. The molecular formula is C15H24F3NO2. The third-order valence-electron chi connectivity index (χ3n) is 5.03. The number of rotatable bonds is 4. The van der Waals surface area contributed by atoms with E-state index in [1.165, 1.54) is 0 Å². The first-order valence-corrected chi connectivity index (χ1v) is 7.91. The van der Waals surface area contributed by atoms with Crippen LogP contribution in [0.5, 0.6) is 0 Å². The van der Waals surface area contributed by atoms with E-state index in [2.05, 4.69) is 5.32 Å². The SMILES string of the molecule is O=C(O)C1CCCCC1CNC1CCCC(C(F)(F)F)C1. The maximum absolute atomic E-state index is 12.8. The molecule has 0 radical (unpaired) electrons. The van der Waals surface area contributed by atoms with Gasteiger partial charge in [0.25, 0.3) is 0 Å². The van der Waals surface area contributed by atoms with E-state index >= 15 is 0 Å². The highest BCUT2D eigenvalue weighted by Gasteiger charge is 2.42. The van der Waals surface area contributed by atoms with Crippen LogP contribution in [-0.2, 0) is 4.79 Å². The van der Waals surface area contributed by atoms with E-state index in [9.17, 15) is 23.1 Å². The minimum absolute atomic E-state index is 0.0579. The number of carboxylic acid groups (broad SMARTS) is 1. The first-order valence-electron chi connectivity index (χ1n) is 7.91. The van der Waals surface area contributed by atoms with Gasteiger partial charge in [-0.3, -0.25) is 4.79 Å². The van der Waals surface area contributed by atoms with E-state index in [0.717, 1.165) is 25.7 Å².